The molecule has 0 saturated carbocycles. The molecule has 0 radical (unpaired) electrons. The molecule has 74 valence electrons. The van der Waals surface area contributed by atoms with E-state index in [1.807, 2.05) is 6.92 Å². The Kier molecular flexibility index (Phi) is 3.35. The maximum atomic E-state index is 8.86. The van der Waals surface area contributed by atoms with Gasteiger partial charge in [0.05, 0.1) is 19.8 Å². The smallest absolute Gasteiger partial charge is 0.140 e. The van der Waals surface area contributed by atoms with Crippen LogP contribution in [0.3, 0.4) is 0 Å². The van der Waals surface area contributed by atoms with Crippen molar-refractivity contribution in [2.75, 3.05) is 14.2 Å². The molecule has 0 spiro atoms. The van der Waals surface area contributed by atoms with Crippen molar-refractivity contribution in [3.8, 4) is 17.6 Å². The van der Waals surface area contributed by atoms with Gasteiger partial charge in [0.25, 0.3) is 0 Å². The Morgan fingerprint density at radius 1 is 1.21 bits per heavy atom. The van der Waals surface area contributed by atoms with Crippen LogP contribution in [-0.2, 0) is 6.42 Å². The molecular weight excluding hydrogens is 178 g/mol. The van der Waals surface area contributed by atoms with E-state index in [-0.39, 0.29) is 0 Å². The van der Waals surface area contributed by atoms with Gasteiger partial charge >= 0.3 is 0 Å². The highest BCUT2D eigenvalue weighted by Crippen LogP contribution is 2.28. The maximum absolute atomic E-state index is 8.86. The number of nitrogens with zero attached hydrogens (tertiary/aromatic N) is 1. The van der Waals surface area contributed by atoms with Gasteiger partial charge in [-0.25, -0.2) is 0 Å². The number of aryl methyl sites for hydroxylation is 1. The summed E-state index contributed by atoms with van der Waals surface area (Å²) in [7, 11) is 3.15. The predicted molar refractivity (Wildman–Crippen MR) is 53.6 cm³/mol. The first-order chi connectivity index (χ1) is 6.76. The molecule has 0 heterocycles. The summed E-state index contributed by atoms with van der Waals surface area (Å²) in [5.74, 6) is 1.32. The largest absolute Gasteiger partial charge is 0.496 e. The SMILES string of the molecule is CCc1cc(C#N)c(OC)cc1OC. The van der Waals surface area contributed by atoms with Crippen LogP contribution in [0.1, 0.15) is 18.1 Å². The van der Waals surface area contributed by atoms with Crippen LogP contribution in [0.2, 0.25) is 0 Å². The molecule has 0 aliphatic carbocycles. The van der Waals surface area contributed by atoms with Crippen LogP contribution in [0, 0.1) is 11.3 Å². The zero-order chi connectivity index (χ0) is 10.6. The van der Waals surface area contributed by atoms with E-state index in [1.165, 1.54) is 0 Å². The number of benzene rings is 1. The molecule has 3 nitrogen and oxygen atoms in total. The van der Waals surface area contributed by atoms with E-state index in [2.05, 4.69) is 6.07 Å². The van der Waals surface area contributed by atoms with Crippen LogP contribution in [0.4, 0.5) is 0 Å². The molecule has 0 aliphatic heterocycles. The molecule has 0 saturated heterocycles. The van der Waals surface area contributed by atoms with E-state index in [9.17, 15) is 0 Å². The van der Waals surface area contributed by atoms with Crippen molar-refractivity contribution < 1.29 is 9.47 Å². The molecule has 0 aromatic heterocycles. The van der Waals surface area contributed by atoms with Crippen LogP contribution < -0.4 is 9.47 Å². The van der Waals surface area contributed by atoms with Crippen molar-refractivity contribution >= 4 is 0 Å². The normalized spacial score (nSPS) is 9.29. The van der Waals surface area contributed by atoms with Crippen LogP contribution in [0.15, 0.2) is 12.1 Å². The minimum atomic E-state index is 0.546. The Morgan fingerprint density at radius 3 is 2.29 bits per heavy atom. The first-order valence-electron chi connectivity index (χ1n) is 4.41. The minimum absolute atomic E-state index is 0.546. The molecule has 0 unspecified atom stereocenters. The van der Waals surface area contributed by atoms with Crippen molar-refractivity contribution in [1.82, 2.24) is 0 Å². The molecule has 0 atom stereocenters. The Bertz CT molecular complexity index is 366. The van der Waals surface area contributed by atoms with Gasteiger partial charge in [-0.15, -0.1) is 0 Å². The first-order valence-corrected chi connectivity index (χ1v) is 4.41. The van der Waals surface area contributed by atoms with E-state index >= 15 is 0 Å². The van der Waals surface area contributed by atoms with Crippen molar-refractivity contribution in [2.24, 2.45) is 0 Å². The van der Waals surface area contributed by atoms with Gasteiger partial charge in [-0.1, -0.05) is 6.92 Å². The standard InChI is InChI=1S/C11H13NO2/c1-4-8-5-9(7-12)11(14-3)6-10(8)13-2/h5-6H,4H2,1-3H3. The van der Waals surface area contributed by atoms with Crippen molar-refractivity contribution in [1.29, 1.82) is 5.26 Å². The number of nitriles is 1. The summed E-state index contributed by atoms with van der Waals surface area (Å²) < 4.78 is 10.3. The molecule has 1 aromatic rings. The summed E-state index contributed by atoms with van der Waals surface area (Å²) in [5, 5.41) is 8.86. The third-order valence-corrected chi connectivity index (χ3v) is 2.10. The highest BCUT2D eigenvalue weighted by Gasteiger charge is 2.08. The van der Waals surface area contributed by atoms with E-state index in [0.29, 0.717) is 11.3 Å². The van der Waals surface area contributed by atoms with Crippen molar-refractivity contribution in [3.63, 3.8) is 0 Å². The topological polar surface area (TPSA) is 42.2 Å². The molecule has 14 heavy (non-hydrogen) atoms. The molecular formula is C11H13NO2. The van der Waals surface area contributed by atoms with E-state index < -0.39 is 0 Å². The third kappa shape index (κ3) is 1.80. The van der Waals surface area contributed by atoms with Crippen LogP contribution in [0.5, 0.6) is 11.5 Å². The molecule has 1 rings (SSSR count). The highest BCUT2D eigenvalue weighted by molar-refractivity contribution is 5.51. The van der Waals surface area contributed by atoms with Gasteiger partial charge in [0.2, 0.25) is 0 Å². The average Bonchev–Trinajstić information content (AvgIpc) is 2.26. The molecule has 0 bridgehead atoms. The molecule has 3 heteroatoms. The summed E-state index contributed by atoms with van der Waals surface area (Å²) in [4.78, 5) is 0. The minimum Gasteiger partial charge on any atom is -0.496 e. The summed E-state index contributed by atoms with van der Waals surface area (Å²) in [6.07, 6.45) is 0.835. The lowest BCUT2D eigenvalue weighted by atomic mass is 10.1. The number of hydrogen-bond acceptors (Lipinski definition) is 3. The van der Waals surface area contributed by atoms with Gasteiger partial charge in [-0.3, -0.25) is 0 Å². The van der Waals surface area contributed by atoms with Crippen LogP contribution >= 0.6 is 0 Å². The number of rotatable bonds is 3. The lowest BCUT2D eigenvalue weighted by Gasteiger charge is -2.10. The maximum Gasteiger partial charge on any atom is 0.140 e. The van der Waals surface area contributed by atoms with Gasteiger partial charge in [-0.05, 0) is 18.1 Å². The summed E-state index contributed by atoms with van der Waals surface area (Å²) in [6, 6.07) is 5.64. The highest BCUT2D eigenvalue weighted by atomic mass is 16.5. The lowest BCUT2D eigenvalue weighted by molar-refractivity contribution is 0.390. The first kappa shape index (κ1) is 10.4. The zero-order valence-electron chi connectivity index (χ0n) is 8.63. The second-order valence-corrected chi connectivity index (χ2v) is 2.83. The molecule has 0 N–H and O–H groups in total. The molecule has 0 aliphatic rings. The van der Waals surface area contributed by atoms with Gasteiger partial charge in [-0.2, -0.15) is 5.26 Å². The number of methoxy groups -OCH3 is 2. The van der Waals surface area contributed by atoms with Gasteiger partial charge in [0.15, 0.2) is 0 Å². The number of hydrogen-bond donors (Lipinski definition) is 0. The van der Waals surface area contributed by atoms with Crippen LogP contribution in [-0.4, -0.2) is 14.2 Å². The Balaban J connectivity index is 3.30. The van der Waals surface area contributed by atoms with E-state index in [4.69, 9.17) is 14.7 Å². The van der Waals surface area contributed by atoms with Gasteiger partial charge in [0, 0.05) is 6.07 Å². The second kappa shape index (κ2) is 4.52. The average molecular weight is 191 g/mol. The van der Waals surface area contributed by atoms with Crippen molar-refractivity contribution in [3.05, 3.63) is 23.3 Å². The number of ether oxygens (including phenoxy) is 2. The van der Waals surface area contributed by atoms with Gasteiger partial charge in [0.1, 0.15) is 17.6 Å². The summed E-state index contributed by atoms with van der Waals surface area (Å²) in [6.45, 7) is 2.02. The summed E-state index contributed by atoms with van der Waals surface area (Å²) in [5.41, 5.74) is 1.56. The quantitative estimate of drug-likeness (QED) is 0.735. The Hall–Kier alpha value is -1.69. The Morgan fingerprint density at radius 2 is 1.86 bits per heavy atom. The van der Waals surface area contributed by atoms with E-state index in [0.717, 1.165) is 17.7 Å². The van der Waals surface area contributed by atoms with Gasteiger partial charge < -0.3 is 9.47 Å². The van der Waals surface area contributed by atoms with E-state index in [1.54, 1.807) is 26.4 Å². The predicted octanol–water partition coefficient (Wildman–Crippen LogP) is 2.14. The van der Waals surface area contributed by atoms with Crippen LogP contribution in [0.25, 0.3) is 0 Å². The fourth-order valence-electron chi connectivity index (χ4n) is 1.33. The van der Waals surface area contributed by atoms with Crippen molar-refractivity contribution in [2.45, 2.75) is 13.3 Å². The molecule has 0 fully saturated rings. The monoisotopic (exact) mass is 191 g/mol. The Labute approximate surface area is 83.9 Å². The second-order valence-electron chi connectivity index (χ2n) is 2.83. The molecule has 0 amide bonds. The zero-order valence-corrected chi connectivity index (χ0v) is 8.63. The fourth-order valence-corrected chi connectivity index (χ4v) is 1.33. The summed E-state index contributed by atoms with van der Waals surface area (Å²) >= 11 is 0. The fraction of sp³-hybridized carbons (Fsp3) is 0.364. The lowest BCUT2D eigenvalue weighted by Crippen LogP contribution is -1.95. The molecule has 1 aromatic carbocycles. The third-order valence-electron chi connectivity index (χ3n) is 2.10.